The van der Waals surface area contributed by atoms with Gasteiger partial charge in [0.1, 0.15) is 0 Å². The molecular weight excluding hydrogens is 190 g/mol. The number of hydrogen-bond acceptors (Lipinski definition) is 2. The maximum absolute atomic E-state index is 10.6. The molecule has 4 heteroatoms. The topological polar surface area (TPSA) is 67.2 Å². The SMILES string of the molecule is CCC(C)Nc1cccc(NC(N)=O)c1. The van der Waals surface area contributed by atoms with E-state index in [1.807, 2.05) is 18.2 Å². The van der Waals surface area contributed by atoms with Gasteiger partial charge in [0.05, 0.1) is 0 Å². The Bertz CT molecular complexity index is 338. The van der Waals surface area contributed by atoms with Crippen molar-refractivity contribution in [2.75, 3.05) is 10.6 Å². The number of nitrogens with one attached hydrogen (secondary N) is 2. The van der Waals surface area contributed by atoms with Crippen molar-refractivity contribution in [3.63, 3.8) is 0 Å². The summed E-state index contributed by atoms with van der Waals surface area (Å²) in [5.74, 6) is 0. The molecule has 0 aliphatic carbocycles. The van der Waals surface area contributed by atoms with Gasteiger partial charge in [0.15, 0.2) is 0 Å². The Morgan fingerprint density at radius 2 is 2.13 bits per heavy atom. The van der Waals surface area contributed by atoms with Gasteiger partial charge in [-0.15, -0.1) is 0 Å². The van der Waals surface area contributed by atoms with E-state index in [1.165, 1.54) is 0 Å². The molecule has 0 radical (unpaired) electrons. The van der Waals surface area contributed by atoms with Crippen LogP contribution in [0.4, 0.5) is 16.2 Å². The smallest absolute Gasteiger partial charge is 0.316 e. The quantitative estimate of drug-likeness (QED) is 0.709. The van der Waals surface area contributed by atoms with Gasteiger partial charge in [0.25, 0.3) is 0 Å². The second kappa shape index (κ2) is 5.24. The van der Waals surface area contributed by atoms with E-state index in [-0.39, 0.29) is 0 Å². The summed E-state index contributed by atoms with van der Waals surface area (Å²) < 4.78 is 0. The molecule has 4 nitrogen and oxygen atoms in total. The molecule has 0 bridgehead atoms. The largest absolute Gasteiger partial charge is 0.383 e. The van der Waals surface area contributed by atoms with Crippen LogP contribution in [0.3, 0.4) is 0 Å². The molecule has 1 rings (SSSR count). The minimum absolute atomic E-state index is 0.411. The van der Waals surface area contributed by atoms with Crippen molar-refractivity contribution >= 4 is 17.4 Å². The fourth-order valence-electron chi connectivity index (χ4n) is 1.22. The predicted molar refractivity (Wildman–Crippen MR) is 63.0 cm³/mol. The molecule has 0 fully saturated rings. The number of rotatable bonds is 4. The lowest BCUT2D eigenvalue weighted by molar-refractivity contribution is 0.259. The summed E-state index contributed by atoms with van der Waals surface area (Å²) in [6.45, 7) is 4.22. The average Bonchev–Trinajstić information content (AvgIpc) is 2.17. The van der Waals surface area contributed by atoms with Gasteiger partial charge in [-0.1, -0.05) is 13.0 Å². The molecule has 0 saturated heterocycles. The van der Waals surface area contributed by atoms with Crippen LogP contribution in [0.15, 0.2) is 24.3 Å². The summed E-state index contributed by atoms with van der Waals surface area (Å²) >= 11 is 0. The molecule has 1 atom stereocenters. The van der Waals surface area contributed by atoms with Gasteiger partial charge >= 0.3 is 6.03 Å². The Hall–Kier alpha value is -1.71. The summed E-state index contributed by atoms with van der Waals surface area (Å²) in [4.78, 5) is 10.6. The third-order valence-electron chi connectivity index (χ3n) is 2.16. The maximum atomic E-state index is 10.6. The van der Waals surface area contributed by atoms with Gasteiger partial charge in [-0.3, -0.25) is 0 Å². The zero-order valence-electron chi connectivity index (χ0n) is 9.08. The van der Waals surface area contributed by atoms with E-state index in [0.29, 0.717) is 11.7 Å². The second-order valence-corrected chi connectivity index (χ2v) is 3.52. The fraction of sp³-hybridized carbons (Fsp3) is 0.364. The van der Waals surface area contributed by atoms with Crippen molar-refractivity contribution in [2.45, 2.75) is 26.3 Å². The third kappa shape index (κ3) is 3.89. The number of primary amides is 1. The van der Waals surface area contributed by atoms with Gasteiger partial charge in [-0.2, -0.15) is 0 Å². The highest BCUT2D eigenvalue weighted by atomic mass is 16.2. The molecule has 0 spiro atoms. The van der Waals surface area contributed by atoms with Crippen LogP contribution in [0.2, 0.25) is 0 Å². The Balaban J connectivity index is 2.69. The van der Waals surface area contributed by atoms with Gasteiger partial charge < -0.3 is 16.4 Å². The van der Waals surface area contributed by atoms with E-state index in [4.69, 9.17) is 5.73 Å². The Kier molecular flexibility index (Phi) is 3.97. The van der Waals surface area contributed by atoms with E-state index in [1.54, 1.807) is 6.07 Å². The monoisotopic (exact) mass is 207 g/mol. The highest BCUT2D eigenvalue weighted by Gasteiger charge is 2.00. The number of anilines is 2. The molecule has 4 N–H and O–H groups in total. The standard InChI is InChI=1S/C11H17N3O/c1-3-8(2)13-9-5-4-6-10(7-9)14-11(12)15/h4-8,13H,3H2,1-2H3,(H3,12,14,15). The first-order chi connectivity index (χ1) is 7.11. The number of carbonyl (C=O) groups is 1. The fourth-order valence-corrected chi connectivity index (χ4v) is 1.22. The second-order valence-electron chi connectivity index (χ2n) is 3.52. The number of urea groups is 1. The molecule has 1 unspecified atom stereocenters. The molecule has 0 heterocycles. The molecule has 0 aliphatic heterocycles. The van der Waals surface area contributed by atoms with Crippen molar-refractivity contribution in [3.8, 4) is 0 Å². The van der Waals surface area contributed by atoms with Crippen LogP contribution in [0, 0.1) is 0 Å². The van der Waals surface area contributed by atoms with Crippen LogP contribution in [0.5, 0.6) is 0 Å². The molecule has 1 aromatic rings. The van der Waals surface area contributed by atoms with E-state index in [2.05, 4.69) is 24.5 Å². The van der Waals surface area contributed by atoms with Crippen molar-refractivity contribution in [2.24, 2.45) is 5.73 Å². The highest BCUT2D eigenvalue weighted by molar-refractivity contribution is 5.88. The number of nitrogens with two attached hydrogens (primary N) is 1. The highest BCUT2D eigenvalue weighted by Crippen LogP contribution is 2.16. The Morgan fingerprint density at radius 1 is 1.47 bits per heavy atom. The average molecular weight is 207 g/mol. The minimum atomic E-state index is -0.546. The van der Waals surface area contributed by atoms with Crippen LogP contribution in [0.25, 0.3) is 0 Å². The van der Waals surface area contributed by atoms with E-state index in [0.717, 1.165) is 12.1 Å². The van der Waals surface area contributed by atoms with Gasteiger partial charge in [-0.25, -0.2) is 4.79 Å². The van der Waals surface area contributed by atoms with E-state index in [9.17, 15) is 4.79 Å². The Morgan fingerprint density at radius 3 is 2.73 bits per heavy atom. The summed E-state index contributed by atoms with van der Waals surface area (Å²) in [5.41, 5.74) is 6.72. The van der Waals surface area contributed by atoms with Gasteiger partial charge in [-0.05, 0) is 31.5 Å². The molecule has 2 amide bonds. The van der Waals surface area contributed by atoms with Crippen molar-refractivity contribution in [1.29, 1.82) is 0 Å². The van der Waals surface area contributed by atoms with Crippen LogP contribution >= 0.6 is 0 Å². The van der Waals surface area contributed by atoms with E-state index >= 15 is 0 Å². The van der Waals surface area contributed by atoms with Crippen molar-refractivity contribution in [3.05, 3.63) is 24.3 Å². The molecule has 82 valence electrons. The molecular formula is C11H17N3O. The lowest BCUT2D eigenvalue weighted by atomic mass is 10.2. The van der Waals surface area contributed by atoms with Gasteiger partial charge in [0.2, 0.25) is 0 Å². The first kappa shape index (κ1) is 11.4. The molecule has 0 aliphatic rings. The summed E-state index contributed by atoms with van der Waals surface area (Å²) in [6.07, 6.45) is 1.05. The Labute approximate surface area is 89.9 Å². The molecule has 15 heavy (non-hydrogen) atoms. The lowest BCUT2D eigenvalue weighted by Gasteiger charge is -2.13. The first-order valence-corrected chi connectivity index (χ1v) is 5.05. The van der Waals surface area contributed by atoms with Crippen LogP contribution in [0.1, 0.15) is 20.3 Å². The number of benzene rings is 1. The number of hydrogen-bond donors (Lipinski definition) is 3. The third-order valence-corrected chi connectivity index (χ3v) is 2.16. The zero-order chi connectivity index (χ0) is 11.3. The van der Waals surface area contributed by atoms with E-state index < -0.39 is 6.03 Å². The maximum Gasteiger partial charge on any atom is 0.316 e. The zero-order valence-corrected chi connectivity index (χ0v) is 9.08. The van der Waals surface area contributed by atoms with Crippen LogP contribution < -0.4 is 16.4 Å². The van der Waals surface area contributed by atoms with Crippen molar-refractivity contribution < 1.29 is 4.79 Å². The van der Waals surface area contributed by atoms with Crippen LogP contribution in [-0.4, -0.2) is 12.1 Å². The molecule has 0 aromatic heterocycles. The minimum Gasteiger partial charge on any atom is -0.383 e. The molecule has 1 aromatic carbocycles. The summed E-state index contributed by atoms with van der Waals surface area (Å²) in [7, 11) is 0. The summed E-state index contributed by atoms with van der Waals surface area (Å²) in [5, 5.41) is 5.85. The number of amides is 2. The first-order valence-electron chi connectivity index (χ1n) is 5.05. The van der Waals surface area contributed by atoms with Gasteiger partial charge in [0, 0.05) is 17.4 Å². The molecule has 0 saturated carbocycles. The lowest BCUT2D eigenvalue weighted by Crippen LogP contribution is -2.19. The normalized spacial score (nSPS) is 11.9. The number of carbonyl (C=O) groups excluding carboxylic acids is 1. The predicted octanol–water partition coefficient (Wildman–Crippen LogP) is 2.39. The summed E-state index contributed by atoms with van der Waals surface area (Å²) in [6, 6.07) is 7.35. The van der Waals surface area contributed by atoms with Crippen molar-refractivity contribution in [1.82, 2.24) is 0 Å². The van der Waals surface area contributed by atoms with Crippen LogP contribution in [-0.2, 0) is 0 Å².